The number of hydrogen-bond donors (Lipinski definition) is 1. The predicted octanol–water partition coefficient (Wildman–Crippen LogP) is 3.76. The van der Waals surface area contributed by atoms with Gasteiger partial charge in [0.05, 0.1) is 9.82 Å². The van der Waals surface area contributed by atoms with E-state index < -0.39 is 14.9 Å². The molecule has 0 radical (unpaired) electrons. The average molecular weight is 410 g/mol. The number of nitrogens with zero attached hydrogens (tertiary/aromatic N) is 2. The summed E-state index contributed by atoms with van der Waals surface area (Å²) in [6.45, 7) is 4.00. The second-order valence-corrected chi connectivity index (χ2v) is 9.84. The van der Waals surface area contributed by atoms with Gasteiger partial charge in [-0.3, -0.25) is 10.1 Å². The number of sulfonamides is 1. The van der Waals surface area contributed by atoms with Crippen molar-refractivity contribution in [2.45, 2.75) is 42.0 Å². The monoisotopic (exact) mass is 409 g/mol. The lowest BCUT2D eigenvalue weighted by Crippen LogP contribution is -2.20. The van der Waals surface area contributed by atoms with Crippen LogP contribution in [0.3, 0.4) is 0 Å². The van der Waals surface area contributed by atoms with Gasteiger partial charge in [-0.1, -0.05) is 19.1 Å². The molecule has 0 saturated heterocycles. The molecule has 0 aliphatic heterocycles. The molecule has 27 heavy (non-hydrogen) atoms. The lowest BCUT2D eigenvalue weighted by Gasteiger charge is -2.18. The molecule has 0 aliphatic rings. The molecule has 0 fully saturated rings. The highest BCUT2D eigenvalue weighted by molar-refractivity contribution is 8.08. The van der Waals surface area contributed by atoms with Crippen LogP contribution in [0.4, 0.5) is 5.69 Å². The Kier molecular flexibility index (Phi) is 6.99. The summed E-state index contributed by atoms with van der Waals surface area (Å²) < 4.78 is 26.6. The first kappa shape index (κ1) is 21.4. The minimum absolute atomic E-state index is 0.0404. The van der Waals surface area contributed by atoms with E-state index in [1.54, 1.807) is 12.1 Å². The zero-order chi connectivity index (χ0) is 20.2. The van der Waals surface area contributed by atoms with E-state index in [9.17, 15) is 18.5 Å². The normalized spacial score (nSPS) is 14.1. The molecule has 2 unspecified atom stereocenters. The molecular weight excluding hydrogens is 386 g/mol. The summed E-state index contributed by atoms with van der Waals surface area (Å²) in [6.07, 6.45) is 0.821. The van der Waals surface area contributed by atoms with E-state index in [1.807, 2.05) is 19.1 Å². The maximum atomic E-state index is 12.7. The van der Waals surface area contributed by atoms with Crippen molar-refractivity contribution in [3.8, 4) is 0 Å². The van der Waals surface area contributed by atoms with Crippen molar-refractivity contribution < 1.29 is 13.3 Å². The Morgan fingerprint density at radius 3 is 2.15 bits per heavy atom. The van der Waals surface area contributed by atoms with E-state index in [4.69, 9.17) is 5.73 Å². The van der Waals surface area contributed by atoms with Crippen LogP contribution >= 0.6 is 11.9 Å². The van der Waals surface area contributed by atoms with Crippen LogP contribution in [-0.2, 0) is 10.0 Å². The average Bonchev–Trinajstić information content (AvgIpc) is 2.61. The summed E-state index contributed by atoms with van der Waals surface area (Å²) in [5.41, 5.74) is 6.82. The zero-order valence-electron chi connectivity index (χ0n) is 15.4. The van der Waals surface area contributed by atoms with Crippen molar-refractivity contribution in [1.29, 1.82) is 0 Å². The van der Waals surface area contributed by atoms with Crippen LogP contribution < -0.4 is 5.73 Å². The van der Waals surface area contributed by atoms with Crippen LogP contribution in [0.15, 0.2) is 58.3 Å². The summed E-state index contributed by atoms with van der Waals surface area (Å²) in [4.78, 5) is 11.0. The van der Waals surface area contributed by atoms with Crippen LogP contribution in [0, 0.1) is 10.1 Å². The highest BCUT2D eigenvalue weighted by Gasteiger charge is 2.22. The topological polar surface area (TPSA) is 107 Å². The molecule has 0 bridgehead atoms. The molecule has 0 amide bonds. The van der Waals surface area contributed by atoms with Gasteiger partial charge < -0.3 is 5.73 Å². The van der Waals surface area contributed by atoms with Gasteiger partial charge in [0.1, 0.15) is 0 Å². The molecule has 0 aliphatic carbocycles. The summed E-state index contributed by atoms with van der Waals surface area (Å²) in [7, 11) is -2.24. The number of nitro benzene ring substituents is 1. The van der Waals surface area contributed by atoms with Crippen molar-refractivity contribution in [3.05, 3.63) is 64.2 Å². The van der Waals surface area contributed by atoms with E-state index in [-0.39, 0.29) is 22.5 Å². The lowest BCUT2D eigenvalue weighted by molar-refractivity contribution is -0.384. The smallest absolute Gasteiger partial charge is 0.269 e. The third-order valence-electron chi connectivity index (χ3n) is 4.09. The molecular formula is C18H23N3O4S2. The quantitative estimate of drug-likeness (QED) is 0.404. The Hall–Kier alpha value is -1.94. The number of nitrogens with two attached hydrogens (primary N) is 1. The standard InChI is InChI=1S/C18H23N3O4S2/c1-13(12-14(2)19)15-4-10-18(11-5-15)27(24,25)20(3)26-17-8-6-16(7-9-17)21(22)23/h4-11,13-14H,12,19H2,1-3H3. The van der Waals surface area contributed by atoms with Gasteiger partial charge in [0.25, 0.3) is 15.7 Å². The molecule has 9 heteroatoms. The lowest BCUT2D eigenvalue weighted by atomic mass is 9.95. The largest absolute Gasteiger partial charge is 0.328 e. The first-order valence-corrected chi connectivity index (χ1v) is 10.6. The van der Waals surface area contributed by atoms with Gasteiger partial charge in [0.15, 0.2) is 0 Å². The van der Waals surface area contributed by atoms with Gasteiger partial charge in [0, 0.05) is 30.1 Å². The second kappa shape index (κ2) is 8.83. The van der Waals surface area contributed by atoms with E-state index in [1.165, 1.54) is 31.3 Å². The van der Waals surface area contributed by atoms with Gasteiger partial charge in [-0.15, -0.1) is 3.71 Å². The first-order valence-electron chi connectivity index (χ1n) is 8.38. The van der Waals surface area contributed by atoms with Crippen LogP contribution in [0.1, 0.15) is 31.7 Å². The van der Waals surface area contributed by atoms with E-state index in [0.29, 0.717) is 4.90 Å². The Morgan fingerprint density at radius 2 is 1.67 bits per heavy atom. The molecule has 7 nitrogen and oxygen atoms in total. The van der Waals surface area contributed by atoms with Crippen molar-refractivity contribution in [2.75, 3.05) is 7.05 Å². The number of nitro groups is 1. The fourth-order valence-electron chi connectivity index (χ4n) is 2.64. The Bertz CT molecular complexity index is 882. The number of rotatable bonds is 8. The van der Waals surface area contributed by atoms with Gasteiger partial charge in [-0.05, 0) is 61.0 Å². The van der Waals surface area contributed by atoms with Gasteiger partial charge in [-0.2, -0.15) is 0 Å². The highest BCUT2D eigenvalue weighted by atomic mass is 32.3. The van der Waals surface area contributed by atoms with Gasteiger partial charge in [-0.25, -0.2) is 8.42 Å². The molecule has 2 aromatic carbocycles. The van der Waals surface area contributed by atoms with E-state index in [0.717, 1.165) is 27.6 Å². The molecule has 2 atom stereocenters. The Labute approximate surface area is 163 Å². The second-order valence-electron chi connectivity index (χ2n) is 6.44. The van der Waals surface area contributed by atoms with Crippen molar-refractivity contribution in [3.63, 3.8) is 0 Å². The van der Waals surface area contributed by atoms with Crippen LogP contribution in [0.2, 0.25) is 0 Å². The van der Waals surface area contributed by atoms with Crippen molar-refractivity contribution >= 4 is 27.7 Å². The third kappa shape index (κ3) is 5.52. The molecule has 146 valence electrons. The van der Waals surface area contributed by atoms with Crippen molar-refractivity contribution in [1.82, 2.24) is 3.71 Å². The molecule has 2 aromatic rings. The Balaban J connectivity index is 2.13. The minimum atomic E-state index is -3.69. The SMILES string of the molecule is CC(N)CC(C)c1ccc(S(=O)(=O)N(C)Sc2ccc([N+](=O)[O-])cc2)cc1. The summed E-state index contributed by atoms with van der Waals surface area (Å²) >= 11 is 0.991. The van der Waals surface area contributed by atoms with Gasteiger partial charge >= 0.3 is 0 Å². The molecule has 2 rings (SSSR count). The fourth-order valence-corrected chi connectivity index (χ4v) is 4.88. The number of non-ortho nitro benzene ring substituents is 1. The molecule has 0 aromatic heterocycles. The summed E-state index contributed by atoms with van der Waals surface area (Å²) in [5, 5.41) is 10.7. The third-order valence-corrected chi connectivity index (χ3v) is 7.19. The maximum Gasteiger partial charge on any atom is 0.269 e. The first-order chi connectivity index (χ1) is 12.6. The fraction of sp³-hybridized carbons (Fsp3) is 0.333. The predicted molar refractivity (Wildman–Crippen MR) is 107 cm³/mol. The number of hydrogen-bond acceptors (Lipinski definition) is 6. The van der Waals surface area contributed by atoms with Crippen LogP contribution in [0.5, 0.6) is 0 Å². The van der Waals surface area contributed by atoms with Crippen LogP contribution in [-0.4, -0.2) is 30.1 Å². The Morgan fingerprint density at radius 1 is 1.11 bits per heavy atom. The summed E-state index contributed by atoms with van der Waals surface area (Å²) in [5.74, 6) is 0.244. The number of benzene rings is 2. The zero-order valence-corrected chi connectivity index (χ0v) is 17.0. The van der Waals surface area contributed by atoms with E-state index >= 15 is 0 Å². The minimum Gasteiger partial charge on any atom is -0.328 e. The molecule has 0 saturated carbocycles. The van der Waals surface area contributed by atoms with Gasteiger partial charge in [0.2, 0.25) is 0 Å². The molecule has 2 N–H and O–H groups in total. The van der Waals surface area contributed by atoms with Crippen molar-refractivity contribution in [2.24, 2.45) is 5.73 Å². The van der Waals surface area contributed by atoms with Crippen LogP contribution in [0.25, 0.3) is 0 Å². The molecule has 0 spiro atoms. The highest BCUT2D eigenvalue weighted by Crippen LogP contribution is 2.30. The van der Waals surface area contributed by atoms with E-state index in [2.05, 4.69) is 6.92 Å². The molecule has 0 heterocycles. The summed E-state index contributed by atoms with van der Waals surface area (Å²) in [6, 6.07) is 12.6. The maximum absolute atomic E-state index is 12.7.